The first-order chi connectivity index (χ1) is 7.45. The zero-order valence-electron chi connectivity index (χ0n) is 11.7. The van der Waals surface area contributed by atoms with Crippen molar-refractivity contribution in [3.63, 3.8) is 0 Å². The normalized spacial score (nSPS) is 15.2. The second kappa shape index (κ2) is 6.61. The molecule has 0 aromatic rings. The monoisotopic (exact) mass is 230 g/mol. The van der Waals surface area contributed by atoms with Gasteiger partial charge in [-0.25, -0.2) is 0 Å². The Morgan fingerprint density at radius 2 is 1.38 bits per heavy atom. The van der Waals surface area contributed by atoms with Crippen molar-refractivity contribution in [2.45, 2.75) is 78.9 Å². The summed E-state index contributed by atoms with van der Waals surface area (Å²) in [4.78, 5) is 0. The second-order valence-corrected chi connectivity index (χ2v) is 4.93. The minimum atomic E-state index is -1.52. The molecule has 0 bridgehead atoms. The second-order valence-electron chi connectivity index (χ2n) is 4.93. The maximum atomic E-state index is 10.3. The van der Waals surface area contributed by atoms with Crippen LogP contribution in [0.3, 0.4) is 0 Å². The number of hydrogen-bond acceptors (Lipinski definition) is 2. The molecule has 0 heterocycles. The van der Waals surface area contributed by atoms with Gasteiger partial charge < -0.3 is 10.2 Å². The molecule has 0 amide bonds. The van der Waals surface area contributed by atoms with Crippen molar-refractivity contribution in [2.75, 3.05) is 0 Å². The highest BCUT2D eigenvalue weighted by Crippen LogP contribution is 2.48. The lowest BCUT2D eigenvalue weighted by Gasteiger charge is -2.48. The van der Waals surface area contributed by atoms with Crippen LogP contribution in [0, 0.1) is 11.3 Å². The zero-order valence-corrected chi connectivity index (χ0v) is 11.7. The van der Waals surface area contributed by atoms with Crippen LogP contribution in [-0.2, 0) is 0 Å². The summed E-state index contributed by atoms with van der Waals surface area (Å²) in [7, 11) is 0. The van der Waals surface area contributed by atoms with Gasteiger partial charge in [0.15, 0.2) is 5.79 Å². The Balaban J connectivity index is 5.20. The molecular formula is C14H30O2. The molecule has 0 radical (unpaired) electrons. The summed E-state index contributed by atoms with van der Waals surface area (Å²) in [6.45, 7) is 10.4. The van der Waals surface area contributed by atoms with Gasteiger partial charge in [0.1, 0.15) is 0 Å². The number of rotatable bonds is 8. The molecule has 0 aromatic heterocycles. The summed E-state index contributed by atoms with van der Waals surface area (Å²) < 4.78 is 0. The summed E-state index contributed by atoms with van der Waals surface area (Å²) in [6, 6.07) is 0. The summed E-state index contributed by atoms with van der Waals surface area (Å²) in [5.74, 6) is -1.12. The zero-order chi connectivity index (χ0) is 12.8. The van der Waals surface area contributed by atoms with Crippen LogP contribution in [0.15, 0.2) is 0 Å². The van der Waals surface area contributed by atoms with E-state index in [0.29, 0.717) is 12.3 Å². The molecule has 0 rings (SSSR count). The van der Waals surface area contributed by atoms with Gasteiger partial charge in [0, 0.05) is 5.41 Å². The van der Waals surface area contributed by atoms with Crippen molar-refractivity contribution in [2.24, 2.45) is 11.3 Å². The van der Waals surface area contributed by atoms with E-state index in [-0.39, 0.29) is 5.41 Å². The molecule has 0 spiro atoms. The molecule has 98 valence electrons. The molecule has 2 heteroatoms. The maximum Gasteiger partial charge on any atom is 0.168 e. The third-order valence-corrected chi connectivity index (χ3v) is 4.46. The van der Waals surface area contributed by atoms with E-state index >= 15 is 0 Å². The molecule has 0 aromatic carbocycles. The first kappa shape index (κ1) is 15.9. The Morgan fingerprint density at radius 3 is 1.62 bits per heavy atom. The average Bonchev–Trinajstić information content (AvgIpc) is 2.29. The van der Waals surface area contributed by atoms with E-state index in [4.69, 9.17) is 0 Å². The molecule has 16 heavy (non-hydrogen) atoms. The Labute approximate surface area is 101 Å². The van der Waals surface area contributed by atoms with Crippen LogP contribution in [0.2, 0.25) is 0 Å². The van der Waals surface area contributed by atoms with E-state index in [0.717, 1.165) is 32.1 Å². The van der Waals surface area contributed by atoms with Crippen LogP contribution in [0.4, 0.5) is 0 Å². The molecule has 1 unspecified atom stereocenters. The number of hydrogen-bond donors (Lipinski definition) is 2. The minimum absolute atomic E-state index is 0.341. The van der Waals surface area contributed by atoms with Crippen LogP contribution < -0.4 is 0 Å². The molecule has 0 saturated carbocycles. The third-order valence-electron chi connectivity index (χ3n) is 4.46. The minimum Gasteiger partial charge on any atom is -0.365 e. The molecular weight excluding hydrogens is 200 g/mol. The quantitative estimate of drug-likeness (QED) is 0.624. The standard InChI is InChI=1S/C14H30O2/c1-6-11-12(7-2)13(8-3,9-4)14(15,16)10-5/h12,15-16H,6-11H2,1-5H3. The van der Waals surface area contributed by atoms with Gasteiger partial charge in [0.2, 0.25) is 0 Å². The highest BCUT2D eigenvalue weighted by atomic mass is 16.5. The van der Waals surface area contributed by atoms with Gasteiger partial charge in [0.25, 0.3) is 0 Å². The van der Waals surface area contributed by atoms with E-state index in [1.807, 2.05) is 6.92 Å². The van der Waals surface area contributed by atoms with Gasteiger partial charge in [-0.15, -0.1) is 0 Å². The van der Waals surface area contributed by atoms with Crippen molar-refractivity contribution in [3.8, 4) is 0 Å². The van der Waals surface area contributed by atoms with Crippen LogP contribution >= 0.6 is 0 Å². The Bertz CT molecular complexity index is 183. The lowest BCUT2D eigenvalue weighted by molar-refractivity contribution is -0.266. The lowest BCUT2D eigenvalue weighted by Crippen LogP contribution is -2.51. The first-order valence-corrected chi connectivity index (χ1v) is 6.90. The smallest absolute Gasteiger partial charge is 0.168 e. The highest BCUT2D eigenvalue weighted by Gasteiger charge is 2.49. The maximum absolute atomic E-state index is 10.3. The van der Waals surface area contributed by atoms with Crippen LogP contribution in [0.25, 0.3) is 0 Å². The molecule has 0 aliphatic carbocycles. The Kier molecular flexibility index (Phi) is 6.57. The van der Waals surface area contributed by atoms with E-state index in [1.165, 1.54) is 0 Å². The van der Waals surface area contributed by atoms with Crippen LogP contribution in [0.5, 0.6) is 0 Å². The van der Waals surface area contributed by atoms with Crippen LogP contribution in [0.1, 0.15) is 73.1 Å². The summed E-state index contributed by atoms with van der Waals surface area (Å²) in [5.41, 5.74) is -0.341. The lowest BCUT2D eigenvalue weighted by atomic mass is 9.62. The largest absolute Gasteiger partial charge is 0.365 e. The fourth-order valence-electron chi connectivity index (χ4n) is 3.29. The van der Waals surface area contributed by atoms with E-state index in [2.05, 4.69) is 27.7 Å². The highest BCUT2D eigenvalue weighted by molar-refractivity contribution is 4.94. The fourth-order valence-corrected chi connectivity index (χ4v) is 3.29. The molecule has 0 fully saturated rings. The molecule has 0 saturated heterocycles. The predicted molar refractivity (Wildman–Crippen MR) is 69.2 cm³/mol. The Morgan fingerprint density at radius 1 is 0.875 bits per heavy atom. The van der Waals surface area contributed by atoms with Gasteiger partial charge >= 0.3 is 0 Å². The van der Waals surface area contributed by atoms with Gasteiger partial charge in [-0.05, 0) is 31.6 Å². The third kappa shape index (κ3) is 2.78. The SMILES string of the molecule is CCCC(CC)C(CC)(CC)C(O)(O)CC. The van der Waals surface area contributed by atoms with E-state index in [1.54, 1.807) is 0 Å². The fraction of sp³-hybridized carbons (Fsp3) is 1.00. The van der Waals surface area contributed by atoms with E-state index < -0.39 is 5.79 Å². The Hall–Kier alpha value is -0.0800. The van der Waals surface area contributed by atoms with Gasteiger partial charge in [-0.3, -0.25) is 0 Å². The molecule has 0 aliphatic rings. The molecule has 1 atom stereocenters. The van der Waals surface area contributed by atoms with Gasteiger partial charge in [0.05, 0.1) is 0 Å². The number of aliphatic hydroxyl groups is 2. The molecule has 2 N–H and O–H groups in total. The van der Waals surface area contributed by atoms with Crippen molar-refractivity contribution in [1.29, 1.82) is 0 Å². The van der Waals surface area contributed by atoms with Crippen molar-refractivity contribution in [3.05, 3.63) is 0 Å². The predicted octanol–water partition coefficient (Wildman–Crippen LogP) is 3.71. The molecule has 0 aliphatic heterocycles. The van der Waals surface area contributed by atoms with Gasteiger partial charge in [-0.2, -0.15) is 0 Å². The summed E-state index contributed by atoms with van der Waals surface area (Å²) in [6.07, 6.45) is 5.31. The van der Waals surface area contributed by atoms with Crippen molar-refractivity contribution < 1.29 is 10.2 Å². The van der Waals surface area contributed by atoms with Crippen molar-refractivity contribution in [1.82, 2.24) is 0 Å². The van der Waals surface area contributed by atoms with E-state index in [9.17, 15) is 10.2 Å². The first-order valence-electron chi connectivity index (χ1n) is 6.90. The summed E-state index contributed by atoms with van der Waals surface area (Å²) >= 11 is 0. The molecule has 2 nitrogen and oxygen atoms in total. The average molecular weight is 230 g/mol. The van der Waals surface area contributed by atoms with Crippen molar-refractivity contribution >= 4 is 0 Å². The van der Waals surface area contributed by atoms with Crippen LogP contribution in [-0.4, -0.2) is 16.0 Å². The topological polar surface area (TPSA) is 40.5 Å². The summed E-state index contributed by atoms with van der Waals surface area (Å²) in [5, 5.41) is 20.6. The van der Waals surface area contributed by atoms with Gasteiger partial charge in [-0.1, -0.05) is 47.5 Å².